The molecule has 1 N–H and O–H groups in total. The molecule has 230 valence electrons. The average molecular weight is 671 g/mol. The number of sulfonamides is 1. The highest BCUT2D eigenvalue weighted by Gasteiger charge is 2.33. The van der Waals surface area contributed by atoms with Crippen molar-refractivity contribution in [3.05, 3.63) is 88.4 Å². The van der Waals surface area contributed by atoms with E-state index in [1.54, 1.807) is 43.3 Å². The van der Waals surface area contributed by atoms with Crippen LogP contribution in [-0.2, 0) is 26.2 Å². The molecular formula is C33H40BrN3O5S. The van der Waals surface area contributed by atoms with Crippen molar-refractivity contribution >= 4 is 43.5 Å². The van der Waals surface area contributed by atoms with Gasteiger partial charge in [-0.3, -0.25) is 13.9 Å². The first-order valence-corrected chi connectivity index (χ1v) is 17.0. The number of hydrogen-bond acceptors (Lipinski definition) is 5. The standard InChI is InChI=1S/C33H40BrN3O5S/c1-4-42-30-17-15-29(16-18-30)37(43(40,41)31-19-13-24(2)14-20-31)23-32(38)36(22-26-9-8-10-27(34)21-26)25(3)33(39)35-28-11-6-5-7-12-28/h8-10,13-21,25,28H,4-7,11-12,22-23H2,1-3H3,(H,35,39). The van der Waals surface area contributed by atoms with Crippen LogP contribution in [0.25, 0.3) is 0 Å². The summed E-state index contributed by atoms with van der Waals surface area (Å²) in [5, 5.41) is 3.13. The van der Waals surface area contributed by atoms with Crippen LogP contribution in [0.2, 0.25) is 0 Å². The van der Waals surface area contributed by atoms with Gasteiger partial charge in [-0.15, -0.1) is 0 Å². The van der Waals surface area contributed by atoms with E-state index in [2.05, 4.69) is 21.2 Å². The van der Waals surface area contributed by atoms with Gasteiger partial charge < -0.3 is 15.0 Å². The molecular weight excluding hydrogens is 630 g/mol. The first-order chi connectivity index (χ1) is 20.6. The van der Waals surface area contributed by atoms with Gasteiger partial charge in [0.15, 0.2) is 0 Å². The quantitative estimate of drug-likeness (QED) is 0.247. The van der Waals surface area contributed by atoms with Crippen LogP contribution in [0.5, 0.6) is 5.75 Å². The summed E-state index contributed by atoms with van der Waals surface area (Å²) in [4.78, 5) is 29.2. The Bertz CT molecular complexity index is 1490. The molecule has 1 aliphatic rings. The summed E-state index contributed by atoms with van der Waals surface area (Å²) in [5.74, 6) is -0.144. The number of anilines is 1. The van der Waals surface area contributed by atoms with Crippen LogP contribution in [0.4, 0.5) is 5.69 Å². The second-order valence-corrected chi connectivity index (χ2v) is 13.7. The largest absolute Gasteiger partial charge is 0.494 e. The molecule has 1 aliphatic carbocycles. The van der Waals surface area contributed by atoms with Crippen LogP contribution in [0, 0.1) is 6.92 Å². The Labute approximate surface area is 263 Å². The normalized spacial score (nSPS) is 14.5. The molecule has 0 bridgehead atoms. The Morgan fingerprint density at radius 2 is 1.67 bits per heavy atom. The van der Waals surface area contributed by atoms with E-state index in [4.69, 9.17) is 4.74 Å². The third-order valence-electron chi connectivity index (χ3n) is 7.68. The lowest BCUT2D eigenvalue weighted by Gasteiger charge is -2.33. The van der Waals surface area contributed by atoms with Crippen molar-refractivity contribution < 1.29 is 22.7 Å². The predicted molar refractivity (Wildman–Crippen MR) is 172 cm³/mol. The summed E-state index contributed by atoms with van der Waals surface area (Å²) in [7, 11) is -4.14. The highest BCUT2D eigenvalue weighted by Crippen LogP contribution is 2.27. The third kappa shape index (κ3) is 8.60. The molecule has 1 saturated carbocycles. The number of rotatable bonds is 12. The molecule has 0 saturated heterocycles. The summed E-state index contributed by atoms with van der Waals surface area (Å²) in [6.07, 6.45) is 5.12. The maximum Gasteiger partial charge on any atom is 0.264 e. The number of ether oxygens (including phenoxy) is 1. The van der Waals surface area contributed by atoms with Crippen molar-refractivity contribution in [1.82, 2.24) is 10.2 Å². The van der Waals surface area contributed by atoms with Gasteiger partial charge in [0.25, 0.3) is 10.0 Å². The molecule has 0 aromatic heterocycles. The van der Waals surface area contributed by atoms with Gasteiger partial charge in [0.2, 0.25) is 11.8 Å². The molecule has 4 rings (SSSR count). The van der Waals surface area contributed by atoms with Crippen LogP contribution in [0.15, 0.2) is 82.2 Å². The summed E-state index contributed by atoms with van der Waals surface area (Å²) >= 11 is 3.49. The number of carbonyl (C=O) groups is 2. The van der Waals surface area contributed by atoms with Gasteiger partial charge in [0.1, 0.15) is 18.3 Å². The van der Waals surface area contributed by atoms with Crippen LogP contribution < -0.4 is 14.4 Å². The number of nitrogens with one attached hydrogen (secondary N) is 1. The summed E-state index contributed by atoms with van der Waals surface area (Å²) < 4.78 is 35.5. The lowest BCUT2D eigenvalue weighted by Crippen LogP contribution is -2.53. The predicted octanol–water partition coefficient (Wildman–Crippen LogP) is 6.22. The van der Waals surface area contributed by atoms with Crippen LogP contribution >= 0.6 is 15.9 Å². The highest BCUT2D eigenvalue weighted by molar-refractivity contribution is 9.10. The Morgan fingerprint density at radius 1 is 1.00 bits per heavy atom. The van der Waals surface area contributed by atoms with Gasteiger partial charge in [0, 0.05) is 17.1 Å². The first-order valence-electron chi connectivity index (χ1n) is 14.7. The maximum absolute atomic E-state index is 14.2. The Balaban J connectivity index is 1.68. The molecule has 0 radical (unpaired) electrons. The molecule has 1 atom stereocenters. The Kier molecular flexibility index (Phi) is 11.3. The number of halogens is 1. The fraction of sp³-hybridized carbons (Fsp3) is 0.394. The molecule has 3 aromatic rings. The van der Waals surface area contributed by atoms with Gasteiger partial charge in [-0.2, -0.15) is 0 Å². The molecule has 10 heteroatoms. The van der Waals surface area contributed by atoms with Crippen molar-refractivity contribution in [2.45, 2.75) is 76.4 Å². The topological polar surface area (TPSA) is 96.0 Å². The highest BCUT2D eigenvalue weighted by atomic mass is 79.9. The molecule has 43 heavy (non-hydrogen) atoms. The second-order valence-electron chi connectivity index (χ2n) is 10.9. The van der Waals surface area contributed by atoms with E-state index in [0.717, 1.165) is 52.0 Å². The SMILES string of the molecule is CCOc1ccc(N(CC(=O)N(Cc2cccc(Br)c2)C(C)C(=O)NC2CCCCC2)S(=O)(=O)c2ccc(C)cc2)cc1. The van der Waals surface area contributed by atoms with Crippen LogP contribution in [0.1, 0.15) is 57.1 Å². The number of amides is 2. The number of hydrogen-bond donors (Lipinski definition) is 1. The zero-order valence-electron chi connectivity index (χ0n) is 25.0. The van der Waals surface area contributed by atoms with Gasteiger partial charge in [-0.1, -0.05) is 65.0 Å². The number of carbonyl (C=O) groups excluding carboxylic acids is 2. The van der Waals surface area contributed by atoms with Gasteiger partial charge in [-0.25, -0.2) is 8.42 Å². The van der Waals surface area contributed by atoms with E-state index in [9.17, 15) is 18.0 Å². The van der Waals surface area contributed by atoms with Crippen molar-refractivity contribution in [1.29, 1.82) is 0 Å². The minimum absolute atomic E-state index is 0.0708. The van der Waals surface area contributed by atoms with Gasteiger partial charge in [0.05, 0.1) is 17.2 Å². The first kappa shape index (κ1) is 32.5. The maximum atomic E-state index is 14.2. The van der Waals surface area contributed by atoms with E-state index in [-0.39, 0.29) is 23.4 Å². The molecule has 1 unspecified atom stereocenters. The number of aryl methyl sites for hydroxylation is 1. The molecule has 0 aliphatic heterocycles. The van der Waals surface area contributed by atoms with E-state index in [0.29, 0.717) is 18.0 Å². The zero-order chi connectivity index (χ0) is 31.0. The zero-order valence-corrected chi connectivity index (χ0v) is 27.4. The second kappa shape index (κ2) is 14.9. The molecule has 0 spiro atoms. The van der Waals surface area contributed by atoms with E-state index in [1.807, 2.05) is 38.1 Å². The third-order valence-corrected chi connectivity index (χ3v) is 9.97. The van der Waals surface area contributed by atoms with E-state index in [1.165, 1.54) is 17.0 Å². The minimum Gasteiger partial charge on any atom is -0.494 e. The molecule has 2 amide bonds. The minimum atomic E-state index is -4.14. The monoisotopic (exact) mass is 669 g/mol. The van der Waals surface area contributed by atoms with E-state index >= 15 is 0 Å². The smallest absolute Gasteiger partial charge is 0.264 e. The van der Waals surface area contributed by atoms with Gasteiger partial charge in [-0.05, 0) is 87.7 Å². The van der Waals surface area contributed by atoms with Crippen molar-refractivity contribution in [2.24, 2.45) is 0 Å². The van der Waals surface area contributed by atoms with Crippen LogP contribution in [-0.4, -0.2) is 50.4 Å². The van der Waals surface area contributed by atoms with E-state index < -0.39 is 28.5 Å². The van der Waals surface area contributed by atoms with Crippen molar-refractivity contribution in [3.63, 3.8) is 0 Å². The summed E-state index contributed by atoms with van der Waals surface area (Å²) in [6, 6.07) is 19.9. The van der Waals surface area contributed by atoms with Crippen LogP contribution in [0.3, 0.4) is 0 Å². The Morgan fingerprint density at radius 3 is 2.30 bits per heavy atom. The Hall–Kier alpha value is -3.37. The van der Waals surface area contributed by atoms with Gasteiger partial charge >= 0.3 is 0 Å². The number of nitrogens with zero attached hydrogens (tertiary/aromatic N) is 2. The molecule has 3 aromatic carbocycles. The number of benzene rings is 3. The average Bonchev–Trinajstić information content (AvgIpc) is 2.99. The summed E-state index contributed by atoms with van der Waals surface area (Å²) in [6.45, 7) is 5.56. The lowest BCUT2D eigenvalue weighted by molar-refractivity contribution is -0.139. The van der Waals surface area contributed by atoms with Crippen molar-refractivity contribution in [3.8, 4) is 5.75 Å². The fourth-order valence-corrected chi connectivity index (χ4v) is 7.09. The lowest BCUT2D eigenvalue weighted by atomic mass is 9.95. The molecule has 0 heterocycles. The summed E-state index contributed by atoms with van der Waals surface area (Å²) in [5.41, 5.74) is 2.05. The fourth-order valence-electron chi connectivity index (χ4n) is 5.22. The van der Waals surface area contributed by atoms with Crippen molar-refractivity contribution in [2.75, 3.05) is 17.5 Å². The molecule has 8 nitrogen and oxygen atoms in total. The molecule has 1 fully saturated rings.